The summed E-state index contributed by atoms with van der Waals surface area (Å²) in [5, 5.41) is 2.72. The van der Waals surface area contributed by atoms with Gasteiger partial charge in [0.1, 0.15) is 5.82 Å². The van der Waals surface area contributed by atoms with Crippen molar-refractivity contribution in [1.82, 2.24) is 25.2 Å². The molecule has 1 atom stereocenters. The number of rotatable bonds is 4. The van der Waals surface area contributed by atoms with Crippen molar-refractivity contribution < 1.29 is 14.0 Å². The van der Waals surface area contributed by atoms with Crippen molar-refractivity contribution in [3.63, 3.8) is 0 Å². The van der Waals surface area contributed by atoms with Gasteiger partial charge in [0.15, 0.2) is 6.39 Å². The second-order valence-corrected chi connectivity index (χ2v) is 5.71. The van der Waals surface area contributed by atoms with Crippen LogP contribution in [0.3, 0.4) is 0 Å². The largest absolute Gasteiger partial charge is 0.438 e. The zero-order valence-corrected chi connectivity index (χ0v) is 13.1. The average Bonchev–Trinajstić information content (AvgIpc) is 3.24. The number of hydrogen-bond donors (Lipinski definition) is 2. The second-order valence-electron chi connectivity index (χ2n) is 5.71. The van der Waals surface area contributed by atoms with Crippen molar-refractivity contribution in [2.45, 2.75) is 32.7 Å². The summed E-state index contributed by atoms with van der Waals surface area (Å²) in [6.45, 7) is 4.90. The molecule has 0 bridgehead atoms. The summed E-state index contributed by atoms with van der Waals surface area (Å²) >= 11 is 0. The third-order valence-electron chi connectivity index (χ3n) is 3.98. The molecule has 0 radical (unpaired) electrons. The number of carbonyl (C=O) groups excluding carboxylic acids is 2. The number of imidazole rings is 1. The van der Waals surface area contributed by atoms with E-state index in [-0.39, 0.29) is 17.7 Å². The van der Waals surface area contributed by atoms with Crippen LogP contribution in [0.25, 0.3) is 0 Å². The fourth-order valence-corrected chi connectivity index (χ4v) is 2.71. The van der Waals surface area contributed by atoms with Crippen LogP contribution in [0.15, 0.2) is 17.0 Å². The summed E-state index contributed by atoms with van der Waals surface area (Å²) in [5.41, 5.74) is 1.46. The fraction of sp³-hybridized carbons (Fsp3) is 0.467. The Balaban J connectivity index is 1.62. The highest BCUT2D eigenvalue weighted by Crippen LogP contribution is 2.26. The molecule has 0 aliphatic carbocycles. The van der Waals surface area contributed by atoms with Crippen molar-refractivity contribution in [3.8, 4) is 0 Å². The maximum Gasteiger partial charge on any atom is 0.291 e. The summed E-state index contributed by atoms with van der Waals surface area (Å²) in [6.07, 6.45) is 3.85. The molecular formula is C15H19N5O3. The quantitative estimate of drug-likeness (QED) is 0.874. The molecule has 0 saturated carbocycles. The number of amides is 2. The number of hydrogen-bond acceptors (Lipinski definition) is 5. The Kier molecular flexibility index (Phi) is 4.14. The molecule has 0 spiro atoms. The third-order valence-corrected chi connectivity index (χ3v) is 3.98. The molecule has 3 rings (SSSR count). The molecule has 2 aromatic rings. The Bertz CT molecular complexity index is 720. The van der Waals surface area contributed by atoms with Crippen molar-refractivity contribution in [2.75, 3.05) is 13.1 Å². The Morgan fingerprint density at radius 3 is 3.00 bits per heavy atom. The minimum absolute atomic E-state index is 0.0822. The number of carbonyl (C=O) groups is 2. The molecule has 0 unspecified atom stereocenters. The average molecular weight is 317 g/mol. The lowest BCUT2D eigenvalue weighted by Crippen LogP contribution is -2.28. The Labute approximate surface area is 133 Å². The lowest BCUT2D eigenvalue weighted by molar-refractivity contribution is -0.119. The van der Waals surface area contributed by atoms with Gasteiger partial charge in [-0.2, -0.15) is 0 Å². The fourth-order valence-electron chi connectivity index (χ4n) is 2.71. The van der Waals surface area contributed by atoms with Crippen LogP contribution in [0.1, 0.15) is 47.0 Å². The van der Waals surface area contributed by atoms with Gasteiger partial charge in [0.2, 0.25) is 11.7 Å². The Morgan fingerprint density at radius 1 is 1.48 bits per heavy atom. The van der Waals surface area contributed by atoms with E-state index in [2.05, 4.69) is 20.3 Å². The number of aromatic nitrogens is 3. The molecule has 1 saturated heterocycles. The molecule has 122 valence electrons. The number of likely N-dealkylation sites (tertiary alicyclic amines) is 1. The molecular weight excluding hydrogens is 298 g/mol. The Morgan fingerprint density at radius 2 is 2.30 bits per heavy atom. The van der Waals surface area contributed by atoms with E-state index in [0.717, 1.165) is 17.9 Å². The van der Waals surface area contributed by atoms with Crippen LogP contribution < -0.4 is 5.32 Å². The van der Waals surface area contributed by atoms with Crippen molar-refractivity contribution in [3.05, 3.63) is 35.6 Å². The predicted octanol–water partition coefficient (Wildman–Crippen LogP) is 0.972. The van der Waals surface area contributed by atoms with Gasteiger partial charge in [-0.1, -0.05) is 0 Å². The van der Waals surface area contributed by atoms with E-state index < -0.39 is 0 Å². The van der Waals surface area contributed by atoms with Crippen LogP contribution in [-0.4, -0.2) is 44.8 Å². The van der Waals surface area contributed by atoms with Gasteiger partial charge in [0, 0.05) is 25.9 Å². The molecule has 1 aliphatic heterocycles. The first-order valence-corrected chi connectivity index (χ1v) is 7.52. The van der Waals surface area contributed by atoms with Crippen molar-refractivity contribution >= 4 is 11.8 Å². The molecule has 8 heteroatoms. The van der Waals surface area contributed by atoms with Crippen LogP contribution in [0.2, 0.25) is 0 Å². The maximum atomic E-state index is 12.4. The van der Waals surface area contributed by atoms with Gasteiger partial charge in [-0.25, -0.2) is 9.97 Å². The van der Waals surface area contributed by atoms with Crippen LogP contribution in [-0.2, 0) is 11.3 Å². The first-order chi connectivity index (χ1) is 11.0. The van der Waals surface area contributed by atoms with E-state index in [1.165, 1.54) is 13.3 Å². The summed E-state index contributed by atoms with van der Waals surface area (Å²) in [5.74, 6) is 1.09. The van der Waals surface area contributed by atoms with Gasteiger partial charge in [-0.3, -0.25) is 9.59 Å². The summed E-state index contributed by atoms with van der Waals surface area (Å²) in [7, 11) is 0. The van der Waals surface area contributed by atoms with Gasteiger partial charge >= 0.3 is 0 Å². The topological polar surface area (TPSA) is 104 Å². The van der Waals surface area contributed by atoms with Crippen LogP contribution >= 0.6 is 0 Å². The number of nitrogens with zero attached hydrogens (tertiary/aromatic N) is 3. The number of aryl methyl sites for hydroxylation is 1. The number of nitrogens with one attached hydrogen (secondary N) is 2. The van der Waals surface area contributed by atoms with E-state index in [9.17, 15) is 9.59 Å². The van der Waals surface area contributed by atoms with E-state index in [1.807, 2.05) is 0 Å². The van der Waals surface area contributed by atoms with Crippen molar-refractivity contribution in [2.24, 2.45) is 0 Å². The van der Waals surface area contributed by atoms with Gasteiger partial charge in [0.05, 0.1) is 24.1 Å². The number of oxazole rings is 1. The normalized spacial score (nSPS) is 17.5. The minimum Gasteiger partial charge on any atom is -0.438 e. The smallest absolute Gasteiger partial charge is 0.291 e. The van der Waals surface area contributed by atoms with Crippen LogP contribution in [0.5, 0.6) is 0 Å². The van der Waals surface area contributed by atoms with Gasteiger partial charge in [0.25, 0.3) is 5.91 Å². The standard InChI is InChI=1S/C15H19N5O3/c1-9-13(23-8-18-9)15(22)20-4-3-11(7-20)14-17-6-12(19-14)5-16-10(2)21/h6,8,11H,3-5,7H2,1-2H3,(H,16,21)(H,17,19)/t11-/m0/s1. The highest BCUT2D eigenvalue weighted by Gasteiger charge is 2.31. The molecule has 1 aliphatic rings. The second kappa shape index (κ2) is 6.23. The molecule has 3 heterocycles. The highest BCUT2D eigenvalue weighted by atomic mass is 16.3. The maximum absolute atomic E-state index is 12.4. The molecule has 2 aromatic heterocycles. The van der Waals surface area contributed by atoms with Crippen LogP contribution in [0.4, 0.5) is 0 Å². The molecule has 2 N–H and O–H groups in total. The van der Waals surface area contributed by atoms with E-state index in [0.29, 0.717) is 31.1 Å². The zero-order chi connectivity index (χ0) is 16.4. The number of H-pyrrole nitrogens is 1. The third kappa shape index (κ3) is 3.25. The summed E-state index contributed by atoms with van der Waals surface area (Å²) in [6, 6.07) is 0. The minimum atomic E-state index is -0.132. The molecule has 8 nitrogen and oxygen atoms in total. The number of aromatic amines is 1. The zero-order valence-electron chi connectivity index (χ0n) is 13.1. The monoisotopic (exact) mass is 317 g/mol. The van der Waals surface area contributed by atoms with Gasteiger partial charge < -0.3 is 19.6 Å². The van der Waals surface area contributed by atoms with E-state index in [4.69, 9.17) is 4.42 Å². The van der Waals surface area contributed by atoms with Crippen molar-refractivity contribution in [1.29, 1.82) is 0 Å². The molecule has 1 fully saturated rings. The molecule has 23 heavy (non-hydrogen) atoms. The SMILES string of the molecule is CC(=O)NCc1cnc([C@H]2CCN(C(=O)c3ocnc3C)C2)[nH]1. The Hall–Kier alpha value is -2.64. The van der Waals surface area contributed by atoms with E-state index in [1.54, 1.807) is 18.0 Å². The van der Waals surface area contributed by atoms with Crippen LogP contribution in [0, 0.1) is 6.92 Å². The molecule has 0 aromatic carbocycles. The van der Waals surface area contributed by atoms with Gasteiger partial charge in [-0.15, -0.1) is 0 Å². The summed E-state index contributed by atoms with van der Waals surface area (Å²) in [4.78, 5) is 36.6. The lowest BCUT2D eigenvalue weighted by atomic mass is 10.1. The first-order valence-electron chi connectivity index (χ1n) is 7.52. The summed E-state index contributed by atoms with van der Waals surface area (Å²) < 4.78 is 5.17. The molecule has 2 amide bonds. The first kappa shape index (κ1) is 15.3. The lowest BCUT2D eigenvalue weighted by Gasteiger charge is -2.14. The van der Waals surface area contributed by atoms with Gasteiger partial charge in [-0.05, 0) is 13.3 Å². The predicted molar refractivity (Wildman–Crippen MR) is 80.6 cm³/mol. The highest BCUT2D eigenvalue weighted by molar-refractivity contribution is 5.92. The van der Waals surface area contributed by atoms with E-state index >= 15 is 0 Å².